The van der Waals surface area contributed by atoms with E-state index in [0.717, 1.165) is 19.3 Å². The van der Waals surface area contributed by atoms with E-state index < -0.39 is 11.6 Å². The maximum Gasteiger partial charge on any atom is 0.337 e. The molecule has 1 N–H and O–H groups in total. The topological polar surface area (TPSA) is 46.5 Å². The third-order valence-corrected chi connectivity index (χ3v) is 2.61. The van der Waals surface area contributed by atoms with Crippen LogP contribution in [0, 0.1) is 0 Å². The molecule has 0 fully saturated rings. The first-order chi connectivity index (χ1) is 7.41. The van der Waals surface area contributed by atoms with Gasteiger partial charge in [0.25, 0.3) is 0 Å². The Morgan fingerprint density at radius 2 is 1.88 bits per heavy atom. The second kappa shape index (κ2) is 7.66. The van der Waals surface area contributed by atoms with Crippen LogP contribution in [-0.2, 0) is 9.53 Å². The van der Waals surface area contributed by atoms with Gasteiger partial charge in [-0.3, -0.25) is 0 Å². The van der Waals surface area contributed by atoms with Crippen molar-refractivity contribution in [2.75, 3.05) is 0 Å². The van der Waals surface area contributed by atoms with Gasteiger partial charge in [0.2, 0.25) is 0 Å². The molecule has 16 heavy (non-hydrogen) atoms. The fourth-order valence-corrected chi connectivity index (χ4v) is 1.44. The second-order valence-corrected chi connectivity index (χ2v) is 4.84. The number of esters is 1. The molecule has 0 aliphatic rings. The van der Waals surface area contributed by atoms with Gasteiger partial charge in [0.15, 0.2) is 5.60 Å². The molecule has 0 aromatic rings. The quantitative estimate of drug-likeness (QED) is 0.515. The van der Waals surface area contributed by atoms with E-state index in [9.17, 15) is 9.90 Å². The molecule has 0 saturated carbocycles. The highest BCUT2D eigenvalue weighted by Gasteiger charge is 2.27. The van der Waals surface area contributed by atoms with Crippen molar-refractivity contribution in [3.63, 3.8) is 0 Å². The normalized spacial score (nSPS) is 13.6. The minimum absolute atomic E-state index is 0.0456. The molecule has 0 aromatic heterocycles. The van der Waals surface area contributed by atoms with Crippen LogP contribution in [0.25, 0.3) is 0 Å². The van der Waals surface area contributed by atoms with Gasteiger partial charge in [0.1, 0.15) is 6.10 Å². The second-order valence-electron chi connectivity index (χ2n) is 4.84. The summed E-state index contributed by atoms with van der Waals surface area (Å²) < 4.78 is 5.26. The van der Waals surface area contributed by atoms with Crippen LogP contribution in [0.2, 0.25) is 0 Å². The molecule has 0 spiro atoms. The number of hydrogen-bond donors (Lipinski definition) is 1. The summed E-state index contributed by atoms with van der Waals surface area (Å²) in [6.07, 6.45) is 6.39. The van der Waals surface area contributed by atoms with Crippen molar-refractivity contribution in [1.29, 1.82) is 0 Å². The van der Waals surface area contributed by atoms with E-state index in [2.05, 4.69) is 6.92 Å². The summed E-state index contributed by atoms with van der Waals surface area (Å²) in [5, 5.41) is 9.47. The molecule has 1 unspecified atom stereocenters. The Morgan fingerprint density at radius 1 is 1.25 bits per heavy atom. The Kier molecular flexibility index (Phi) is 7.39. The smallest absolute Gasteiger partial charge is 0.337 e. The van der Waals surface area contributed by atoms with Gasteiger partial charge in [-0.2, -0.15) is 0 Å². The molecular weight excluding hydrogens is 204 g/mol. The third kappa shape index (κ3) is 6.83. The Morgan fingerprint density at radius 3 is 2.31 bits per heavy atom. The highest BCUT2D eigenvalue weighted by atomic mass is 16.6. The molecule has 3 heteroatoms. The molecule has 0 aromatic carbocycles. The number of carbonyl (C=O) groups is 1. The van der Waals surface area contributed by atoms with Crippen molar-refractivity contribution in [1.82, 2.24) is 0 Å². The Hall–Kier alpha value is -0.570. The number of ether oxygens (including phenoxy) is 1. The number of rotatable bonds is 8. The Labute approximate surface area is 99.2 Å². The summed E-state index contributed by atoms with van der Waals surface area (Å²) in [6.45, 7) is 7.09. The average molecular weight is 230 g/mol. The lowest BCUT2D eigenvalue weighted by Gasteiger charge is -2.21. The number of aliphatic hydroxyl groups is 1. The summed E-state index contributed by atoms with van der Waals surface area (Å²) >= 11 is 0. The van der Waals surface area contributed by atoms with Gasteiger partial charge in [-0.15, -0.1) is 0 Å². The van der Waals surface area contributed by atoms with Crippen LogP contribution in [0.3, 0.4) is 0 Å². The first-order valence-electron chi connectivity index (χ1n) is 6.35. The maximum atomic E-state index is 11.5. The van der Waals surface area contributed by atoms with Gasteiger partial charge in [-0.05, 0) is 33.1 Å². The minimum Gasteiger partial charge on any atom is -0.460 e. The molecule has 96 valence electrons. The van der Waals surface area contributed by atoms with Crippen LogP contribution in [0.5, 0.6) is 0 Å². The first kappa shape index (κ1) is 15.4. The highest BCUT2D eigenvalue weighted by Crippen LogP contribution is 2.14. The summed E-state index contributed by atoms with van der Waals surface area (Å²) in [5.74, 6) is -0.519. The monoisotopic (exact) mass is 230 g/mol. The van der Waals surface area contributed by atoms with Crippen molar-refractivity contribution < 1.29 is 14.6 Å². The van der Waals surface area contributed by atoms with Gasteiger partial charge < -0.3 is 9.84 Å². The van der Waals surface area contributed by atoms with Crippen LogP contribution >= 0.6 is 0 Å². The summed E-state index contributed by atoms with van der Waals surface area (Å²) in [6, 6.07) is 0. The van der Waals surface area contributed by atoms with Crippen molar-refractivity contribution in [3.05, 3.63) is 0 Å². The molecule has 0 aliphatic carbocycles. The summed E-state index contributed by atoms with van der Waals surface area (Å²) in [7, 11) is 0. The van der Waals surface area contributed by atoms with Crippen molar-refractivity contribution in [2.45, 2.75) is 77.9 Å². The molecule has 0 amide bonds. The van der Waals surface area contributed by atoms with E-state index in [1.54, 1.807) is 0 Å². The predicted molar refractivity (Wildman–Crippen MR) is 65.2 cm³/mol. The molecule has 3 nitrogen and oxygen atoms in total. The average Bonchev–Trinajstić information content (AvgIpc) is 2.20. The summed E-state index contributed by atoms with van der Waals surface area (Å²) in [5.41, 5.74) is -1.38. The lowest BCUT2D eigenvalue weighted by molar-refractivity contribution is -0.168. The molecule has 0 aliphatic heterocycles. The maximum absolute atomic E-state index is 11.5. The number of unbranched alkanes of at least 4 members (excludes halogenated alkanes) is 3. The fourth-order valence-electron chi connectivity index (χ4n) is 1.44. The van der Waals surface area contributed by atoms with Crippen molar-refractivity contribution >= 4 is 5.97 Å². The molecule has 1 atom stereocenters. The van der Waals surface area contributed by atoms with E-state index in [-0.39, 0.29) is 6.10 Å². The van der Waals surface area contributed by atoms with E-state index in [0.29, 0.717) is 0 Å². The lowest BCUT2D eigenvalue weighted by Crippen LogP contribution is -2.35. The van der Waals surface area contributed by atoms with Gasteiger partial charge >= 0.3 is 5.97 Å². The molecule has 0 heterocycles. The van der Waals surface area contributed by atoms with Crippen LogP contribution in [0.15, 0.2) is 0 Å². The predicted octanol–water partition coefficient (Wildman–Crippen LogP) is 3.05. The van der Waals surface area contributed by atoms with Crippen LogP contribution in [-0.4, -0.2) is 22.8 Å². The highest BCUT2D eigenvalue weighted by molar-refractivity contribution is 5.78. The Balaban J connectivity index is 3.87. The molecule has 0 bridgehead atoms. The van der Waals surface area contributed by atoms with E-state index in [1.165, 1.54) is 33.1 Å². The lowest BCUT2D eigenvalue weighted by atomic mass is 10.1. The van der Waals surface area contributed by atoms with E-state index >= 15 is 0 Å². The SMILES string of the molecule is CCCCCCC(CC)OC(=O)C(C)(C)O. The zero-order valence-corrected chi connectivity index (χ0v) is 11.1. The molecule has 0 rings (SSSR count). The summed E-state index contributed by atoms with van der Waals surface area (Å²) in [4.78, 5) is 11.5. The van der Waals surface area contributed by atoms with Crippen LogP contribution in [0.4, 0.5) is 0 Å². The molecule has 0 saturated heterocycles. The molecule has 0 radical (unpaired) electrons. The van der Waals surface area contributed by atoms with E-state index in [1.807, 2.05) is 6.92 Å². The zero-order valence-electron chi connectivity index (χ0n) is 11.1. The Bertz CT molecular complexity index is 194. The largest absolute Gasteiger partial charge is 0.460 e. The molecular formula is C13H26O3. The minimum atomic E-state index is -1.38. The van der Waals surface area contributed by atoms with Gasteiger partial charge in [0.05, 0.1) is 0 Å². The van der Waals surface area contributed by atoms with Crippen molar-refractivity contribution in [2.24, 2.45) is 0 Å². The van der Waals surface area contributed by atoms with Gasteiger partial charge in [-0.1, -0.05) is 33.1 Å². The van der Waals surface area contributed by atoms with E-state index in [4.69, 9.17) is 4.74 Å². The zero-order chi connectivity index (χ0) is 12.6. The third-order valence-electron chi connectivity index (χ3n) is 2.61. The standard InChI is InChI=1S/C13H26O3/c1-5-7-8-9-10-11(6-2)16-12(14)13(3,4)15/h11,15H,5-10H2,1-4H3. The van der Waals surface area contributed by atoms with Crippen molar-refractivity contribution in [3.8, 4) is 0 Å². The fraction of sp³-hybridized carbons (Fsp3) is 0.923. The first-order valence-corrected chi connectivity index (χ1v) is 6.35. The van der Waals surface area contributed by atoms with Gasteiger partial charge in [-0.25, -0.2) is 4.79 Å². The van der Waals surface area contributed by atoms with Gasteiger partial charge in [0, 0.05) is 0 Å². The number of carbonyl (C=O) groups excluding carboxylic acids is 1. The van der Waals surface area contributed by atoms with Crippen LogP contribution < -0.4 is 0 Å². The van der Waals surface area contributed by atoms with Crippen LogP contribution in [0.1, 0.15) is 66.2 Å². The number of hydrogen-bond acceptors (Lipinski definition) is 3.